The van der Waals surface area contributed by atoms with Gasteiger partial charge in [0.2, 0.25) is 0 Å². The Hall–Kier alpha value is -3.15. The number of aromatic amines is 1. The molecule has 1 N–H and O–H groups in total. The number of benzene rings is 1. The number of urea groups is 1. The maximum Gasteiger partial charge on any atom is 0.328 e. The number of unbranched alkanes of at least 4 members (excludes halogenated alkanes) is 1. The van der Waals surface area contributed by atoms with Gasteiger partial charge in [-0.3, -0.25) is 19.6 Å². The lowest BCUT2D eigenvalue weighted by molar-refractivity contribution is -0.128. The van der Waals surface area contributed by atoms with Gasteiger partial charge in [-0.25, -0.2) is 4.79 Å². The number of H-pyrrole nitrogens is 1. The fraction of sp³-hybridized carbons (Fsp3) is 0.318. The topological polar surface area (TPSA) is 69.3 Å². The van der Waals surface area contributed by atoms with Gasteiger partial charge in [0.15, 0.2) is 0 Å². The van der Waals surface area contributed by atoms with Crippen molar-refractivity contribution in [2.45, 2.75) is 38.3 Å². The van der Waals surface area contributed by atoms with Gasteiger partial charge in [-0.2, -0.15) is 0 Å². The first kappa shape index (κ1) is 17.0. The molecular weight excluding hydrogens is 352 g/mol. The van der Waals surface area contributed by atoms with Crippen LogP contribution in [0.4, 0.5) is 4.79 Å². The van der Waals surface area contributed by atoms with Crippen LogP contribution in [-0.2, 0) is 11.2 Å². The van der Waals surface area contributed by atoms with Crippen molar-refractivity contribution in [3.63, 3.8) is 0 Å². The Bertz CT molecular complexity index is 1060. The van der Waals surface area contributed by atoms with E-state index in [1.54, 1.807) is 17.3 Å². The largest absolute Gasteiger partial charge is 0.356 e. The molecule has 2 atom stereocenters. The van der Waals surface area contributed by atoms with Crippen molar-refractivity contribution in [3.8, 4) is 0 Å². The molecule has 28 heavy (non-hydrogen) atoms. The predicted octanol–water partition coefficient (Wildman–Crippen LogP) is 3.64. The predicted molar refractivity (Wildman–Crippen MR) is 106 cm³/mol. The quantitative estimate of drug-likeness (QED) is 0.709. The van der Waals surface area contributed by atoms with Crippen LogP contribution in [0, 0.1) is 0 Å². The van der Waals surface area contributed by atoms with Crippen molar-refractivity contribution in [2.24, 2.45) is 0 Å². The molecule has 0 unspecified atom stereocenters. The molecule has 2 aliphatic heterocycles. The summed E-state index contributed by atoms with van der Waals surface area (Å²) in [5.41, 5.74) is 4.07. The van der Waals surface area contributed by atoms with Crippen molar-refractivity contribution in [2.75, 3.05) is 6.54 Å². The second-order valence-electron chi connectivity index (χ2n) is 7.50. The number of amides is 3. The molecule has 3 amide bonds. The lowest BCUT2D eigenvalue weighted by Gasteiger charge is -2.35. The number of aromatic nitrogens is 2. The number of carbonyl (C=O) groups is 2. The summed E-state index contributed by atoms with van der Waals surface area (Å²) in [5.74, 6) is -0.0803. The minimum Gasteiger partial charge on any atom is -0.356 e. The second-order valence-corrected chi connectivity index (χ2v) is 7.50. The Kier molecular flexibility index (Phi) is 3.93. The fourth-order valence-corrected chi connectivity index (χ4v) is 4.54. The molecule has 1 fully saturated rings. The summed E-state index contributed by atoms with van der Waals surface area (Å²) >= 11 is 0. The van der Waals surface area contributed by atoms with E-state index in [1.807, 2.05) is 30.3 Å². The summed E-state index contributed by atoms with van der Waals surface area (Å²) in [5, 5.41) is 1.12. The number of carbonyl (C=O) groups excluding carboxylic acids is 2. The van der Waals surface area contributed by atoms with Crippen LogP contribution < -0.4 is 0 Å². The highest BCUT2D eigenvalue weighted by Gasteiger charge is 2.52. The number of hydrogen-bond donors (Lipinski definition) is 1. The molecule has 1 saturated heterocycles. The molecule has 6 nitrogen and oxygen atoms in total. The molecule has 0 saturated carbocycles. The Morgan fingerprint density at radius 3 is 2.82 bits per heavy atom. The highest BCUT2D eigenvalue weighted by molar-refractivity contribution is 6.05. The highest BCUT2D eigenvalue weighted by atomic mass is 16.2. The van der Waals surface area contributed by atoms with Crippen LogP contribution in [0.25, 0.3) is 10.9 Å². The number of nitrogens with one attached hydrogen (secondary N) is 1. The van der Waals surface area contributed by atoms with Crippen LogP contribution in [0.15, 0.2) is 48.8 Å². The molecule has 5 rings (SSSR count). The van der Waals surface area contributed by atoms with Crippen LogP contribution in [0.1, 0.15) is 42.6 Å². The van der Waals surface area contributed by atoms with E-state index in [9.17, 15) is 9.59 Å². The minimum absolute atomic E-state index is 0.0803. The Morgan fingerprint density at radius 1 is 1.18 bits per heavy atom. The van der Waals surface area contributed by atoms with Gasteiger partial charge in [0.25, 0.3) is 5.91 Å². The number of hydrogen-bond acceptors (Lipinski definition) is 3. The van der Waals surface area contributed by atoms with E-state index in [4.69, 9.17) is 0 Å². The number of pyridine rings is 1. The number of fused-ring (bicyclic) bond motifs is 4. The van der Waals surface area contributed by atoms with Crippen molar-refractivity contribution in [3.05, 3.63) is 65.6 Å². The first-order chi connectivity index (χ1) is 13.7. The van der Waals surface area contributed by atoms with E-state index in [-0.39, 0.29) is 18.0 Å². The van der Waals surface area contributed by atoms with Crippen LogP contribution in [0.3, 0.4) is 0 Å². The van der Waals surface area contributed by atoms with Gasteiger partial charge in [-0.15, -0.1) is 0 Å². The van der Waals surface area contributed by atoms with Gasteiger partial charge in [-0.05, 0) is 29.7 Å². The molecular formula is C22H22N4O2. The molecule has 6 heteroatoms. The number of imide groups is 1. The van der Waals surface area contributed by atoms with E-state index < -0.39 is 6.04 Å². The van der Waals surface area contributed by atoms with E-state index in [1.165, 1.54) is 4.90 Å². The first-order valence-electron chi connectivity index (χ1n) is 9.83. The molecule has 0 aliphatic carbocycles. The lowest BCUT2D eigenvalue weighted by Crippen LogP contribution is -2.44. The molecule has 0 spiro atoms. The van der Waals surface area contributed by atoms with Crippen LogP contribution in [0.5, 0.6) is 0 Å². The van der Waals surface area contributed by atoms with Crippen LogP contribution in [0.2, 0.25) is 0 Å². The monoisotopic (exact) mass is 374 g/mol. The van der Waals surface area contributed by atoms with Gasteiger partial charge in [0.1, 0.15) is 12.1 Å². The third-order valence-corrected chi connectivity index (χ3v) is 5.87. The van der Waals surface area contributed by atoms with Gasteiger partial charge < -0.3 is 4.98 Å². The van der Waals surface area contributed by atoms with E-state index in [0.717, 1.165) is 40.6 Å². The van der Waals surface area contributed by atoms with Crippen LogP contribution >= 0.6 is 0 Å². The van der Waals surface area contributed by atoms with E-state index in [0.29, 0.717) is 13.0 Å². The molecule has 142 valence electrons. The summed E-state index contributed by atoms with van der Waals surface area (Å²) in [6, 6.07) is 11.0. The molecule has 2 aliphatic rings. The average Bonchev–Trinajstić information content (AvgIpc) is 3.21. The minimum atomic E-state index is -0.457. The zero-order valence-electron chi connectivity index (χ0n) is 15.8. The van der Waals surface area contributed by atoms with E-state index >= 15 is 0 Å². The molecule has 1 aromatic carbocycles. The maximum absolute atomic E-state index is 13.3. The molecule has 4 heterocycles. The highest BCUT2D eigenvalue weighted by Crippen LogP contribution is 2.43. The summed E-state index contributed by atoms with van der Waals surface area (Å²) in [6.07, 6.45) is 5.82. The Labute approximate surface area is 163 Å². The van der Waals surface area contributed by atoms with Gasteiger partial charge in [-0.1, -0.05) is 37.6 Å². The standard InChI is InChI=1S/C22H22N4O2/c1-2-3-11-25-21(27)18-12-16-15-8-4-5-9-17(15)24-19(16)20(26(18)22(25)28)14-7-6-10-23-13-14/h4-10,13,18,20,24H,2-3,11-12H2,1H3/t18-,20+/m0/s1. The molecule has 0 radical (unpaired) electrons. The Morgan fingerprint density at radius 2 is 2.04 bits per heavy atom. The summed E-state index contributed by atoms with van der Waals surface area (Å²) in [7, 11) is 0. The summed E-state index contributed by atoms with van der Waals surface area (Å²) in [4.78, 5) is 37.4. The smallest absolute Gasteiger partial charge is 0.328 e. The summed E-state index contributed by atoms with van der Waals surface area (Å²) < 4.78 is 0. The van der Waals surface area contributed by atoms with Crippen molar-refractivity contribution in [1.29, 1.82) is 0 Å². The molecule has 2 aromatic heterocycles. The number of rotatable bonds is 4. The van der Waals surface area contributed by atoms with Crippen LogP contribution in [-0.4, -0.2) is 44.3 Å². The van der Waals surface area contributed by atoms with Gasteiger partial charge >= 0.3 is 6.03 Å². The SMILES string of the molecule is CCCCN1C(=O)[C@@H]2Cc3c([nH]c4ccccc34)[C@@H](c3cccnc3)N2C1=O. The van der Waals surface area contributed by atoms with E-state index in [2.05, 4.69) is 23.0 Å². The fourth-order valence-electron chi connectivity index (χ4n) is 4.54. The number of nitrogens with zero attached hydrogens (tertiary/aromatic N) is 3. The maximum atomic E-state index is 13.3. The Balaban J connectivity index is 1.68. The lowest BCUT2D eigenvalue weighted by atomic mass is 9.89. The average molecular weight is 374 g/mol. The first-order valence-corrected chi connectivity index (χ1v) is 9.83. The zero-order chi connectivity index (χ0) is 19.3. The van der Waals surface area contributed by atoms with Crippen molar-refractivity contribution < 1.29 is 9.59 Å². The van der Waals surface area contributed by atoms with Gasteiger partial charge in [0.05, 0.1) is 0 Å². The normalized spacial score (nSPS) is 21.3. The van der Waals surface area contributed by atoms with Crippen molar-refractivity contribution in [1.82, 2.24) is 19.8 Å². The molecule has 3 aromatic rings. The van der Waals surface area contributed by atoms with Crippen molar-refractivity contribution >= 4 is 22.8 Å². The summed E-state index contributed by atoms with van der Waals surface area (Å²) in [6.45, 7) is 2.55. The molecule has 0 bridgehead atoms. The number of para-hydroxylation sites is 1. The zero-order valence-corrected chi connectivity index (χ0v) is 15.8. The second kappa shape index (κ2) is 6.48. The third-order valence-electron chi connectivity index (χ3n) is 5.87. The van der Waals surface area contributed by atoms with Gasteiger partial charge in [0, 0.05) is 42.0 Å². The third kappa shape index (κ3) is 2.37.